The summed E-state index contributed by atoms with van der Waals surface area (Å²) in [5, 5.41) is 7.17. The fraction of sp³-hybridized carbons (Fsp3) is 0.348. The monoisotopic (exact) mass is 436 g/mol. The molecule has 166 valence electrons. The Kier molecular flexibility index (Phi) is 6.16. The van der Waals surface area contributed by atoms with E-state index in [9.17, 15) is 14.4 Å². The summed E-state index contributed by atoms with van der Waals surface area (Å²) in [5.74, 6) is -1.12. The van der Waals surface area contributed by atoms with E-state index >= 15 is 0 Å². The minimum absolute atomic E-state index is 0.332. The van der Waals surface area contributed by atoms with Crippen LogP contribution in [0.15, 0.2) is 53.6 Å². The molecule has 1 atom stereocenters. The van der Waals surface area contributed by atoms with Crippen LogP contribution in [0.5, 0.6) is 5.75 Å². The largest absolute Gasteiger partial charge is 0.502 e. The number of nitrogens with one attached hydrogen (secondary N) is 1. The molecule has 1 N–H and O–H groups in total. The second-order valence-corrected chi connectivity index (χ2v) is 7.54. The topological polar surface area (TPSA) is 94.3 Å². The summed E-state index contributed by atoms with van der Waals surface area (Å²) < 4.78 is 6.44. The van der Waals surface area contributed by atoms with E-state index in [1.54, 1.807) is 0 Å². The average molecular weight is 436 g/mol. The first-order valence-corrected chi connectivity index (χ1v) is 10.7. The van der Waals surface area contributed by atoms with Crippen molar-refractivity contribution < 1.29 is 23.8 Å². The molecule has 2 aliphatic heterocycles. The number of carbonyl (C=O) groups is 3. The van der Waals surface area contributed by atoms with Gasteiger partial charge in [0.15, 0.2) is 0 Å². The van der Waals surface area contributed by atoms with Crippen molar-refractivity contribution in [2.75, 3.05) is 36.5 Å². The Labute approximate surface area is 186 Å². The number of hydrogen-bond acceptors (Lipinski definition) is 6. The average Bonchev–Trinajstić information content (AvgIpc) is 3.22. The van der Waals surface area contributed by atoms with Crippen molar-refractivity contribution in [1.29, 1.82) is 0 Å². The van der Waals surface area contributed by atoms with Crippen LogP contribution in [0.2, 0.25) is 0 Å². The zero-order valence-electron chi connectivity index (χ0n) is 18.2. The minimum Gasteiger partial charge on any atom is -0.494 e. The lowest BCUT2D eigenvalue weighted by molar-refractivity contribution is -0.509. The number of aryl methyl sites for hydroxylation is 1. The number of fused-ring (bicyclic) bond motifs is 1. The van der Waals surface area contributed by atoms with Crippen LogP contribution in [0.4, 0.5) is 11.4 Å². The number of hydrogen-bond donors (Lipinski definition) is 1. The SMILES string of the molecule is CCOc1ccc(N2CCN3C(=O)C(=O)[N+](CC(=O)Nc4ccc(CC)cc4)=NC32)cc1. The van der Waals surface area contributed by atoms with Crippen molar-refractivity contribution in [1.82, 2.24) is 4.90 Å². The Morgan fingerprint density at radius 1 is 1.06 bits per heavy atom. The first-order chi connectivity index (χ1) is 15.5. The normalized spacial score (nSPS) is 17.8. The molecule has 0 saturated carbocycles. The molecule has 0 radical (unpaired) electrons. The second-order valence-electron chi connectivity index (χ2n) is 7.54. The number of rotatable bonds is 7. The van der Waals surface area contributed by atoms with Crippen LogP contribution in [0.25, 0.3) is 0 Å². The van der Waals surface area contributed by atoms with Crippen LogP contribution < -0.4 is 15.0 Å². The van der Waals surface area contributed by atoms with Gasteiger partial charge in [0.05, 0.1) is 6.61 Å². The van der Waals surface area contributed by atoms with Gasteiger partial charge < -0.3 is 15.0 Å². The molecule has 1 fully saturated rings. The smallest absolute Gasteiger partial charge is 0.494 e. The maximum absolute atomic E-state index is 12.6. The van der Waals surface area contributed by atoms with Crippen molar-refractivity contribution in [3.63, 3.8) is 0 Å². The molecule has 2 aromatic rings. The highest BCUT2D eigenvalue weighted by Gasteiger charge is 2.49. The predicted octanol–water partition coefficient (Wildman–Crippen LogP) is 2.22. The molecule has 2 aliphatic rings. The molecule has 3 amide bonds. The van der Waals surface area contributed by atoms with Gasteiger partial charge in [-0.1, -0.05) is 19.1 Å². The van der Waals surface area contributed by atoms with Gasteiger partial charge in [0, 0.05) is 29.6 Å². The van der Waals surface area contributed by atoms with E-state index in [2.05, 4.69) is 17.4 Å². The van der Waals surface area contributed by atoms with Crippen LogP contribution in [-0.2, 0) is 20.8 Å². The summed E-state index contributed by atoms with van der Waals surface area (Å²) >= 11 is 0. The van der Waals surface area contributed by atoms with Crippen molar-refractivity contribution in [2.45, 2.75) is 26.6 Å². The van der Waals surface area contributed by atoms with Crippen molar-refractivity contribution in [2.24, 2.45) is 5.11 Å². The number of nitrogens with zero attached hydrogens (tertiary/aromatic N) is 4. The fourth-order valence-corrected chi connectivity index (χ4v) is 3.79. The Morgan fingerprint density at radius 3 is 2.41 bits per heavy atom. The number of amides is 3. The van der Waals surface area contributed by atoms with E-state index in [1.807, 2.05) is 60.4 Å². The number of anilines is 2. The number of carbonyl (C=O) groups excluding carboxylic acids is 3. The maximum atomic E-state index is 12.6. The molecule has 1 unspecified atom stereocenters. The van der Waals surface area contributed by atoms with Crippen molar-refractivity contribution in [3.8, 4) is 5.75 Å². The summed E-state index contributed by atoms with van der Waals surface area (Å²) in [7, 11) is 0. The number of ether oxygens (including phenoxy) is 1. The van der Waals surface area contributed by atoms with Crippen LogP contribution in [0.1, 0.15) is 19.4 Å². The molecule has 4 rings (SSSR count). The lowest BCUT2D eigenvalue weighted by atomic mass is 10.1. The van der Waals surface area contributed by atoms with Crippen LogP contribution >= 0.6 is 0 Å². The highest BCUT2D eigenvalue weighted by Crippen LogP contribution is 2.28. The Hall–Kier alpha value is -3.75. The molecule has 0 aliphatic carbocycles. The molecule has 2 aromatic carbocycles. The lowest BCUT2D eigenvalue weighted by Crippen LogP contribution is -2.52. The van der Waals surface area contributed by atoms with Gasteiger partial charge in [-0.15, -0.1) is 0 Å². The minimum atomic E-state index is -0.800. The Bertz CT molecular complexity index is 1050. The van der Waals surface area contributed by atoms with Gasteiger partial charge in [0.1, 0.15) is 5.75 Å². The number of benzene rings is 2. The van der Waals surface area contributed by atoms with Gasteiger partial charge in [0.2, 0.25) is 0 Å². The van der Waals surface area contributed by atoms with Gasteiger partial charge in [-0.2, -0.15) is 0 Å². The third kappa shape index (κ3) is 4.32. The third-order valence-electron chi connectivity index (χ3n) is 5.48. The molecule has 0 aromatic heterocycles. The van der Waals surface area contributed by atoms with E-state index in [1.165, 1.54) is 4.90 Å². The molecule has 0 bridgehead atoms. The predicted molar refractivity (Wildman–Crippen MR) is 117 cm³/mol. The Morgan fingerprint density at radius 2 is 1.75 bits per heavy atom. The summed E-state index contributed by atoms with van der Waals surface area (Å²) in [6, 6.07) is 15.0. The number of azo groups is 2. The molecular weight excluding hydrogens is 410 g/mol. The molecule has 1 saturated heterocycles. The Balaban J connectivity index is 1.50. The van der Waals surface area contributed by atoms with Crippen LogP contribution in [0.3, 0.4) is 0 Å². The van der Waals surface area contributed by atoms with E-state index in [0.717, 1.165) is 28.1 Å². The van der Waals surface area contributed by atoms with Gasteiger partial charge in [-0.25, -0.2) is 4.79 Å². The quantitative estimate of drug-likeness (QED) is 0.531. The molecule has 9 heteroatoms. The lowest BCUT2D eigenvalue weighted by Gasteiger charge is -2.27. The van der Waals surface area contributed by atoms with Crippen molar-refractivity contribution in [3.05, 3.63) is 54.1 Å². The van der Waals surface area contributed by atoms with E-state index in [0.29, 0.717) is 25.4 Å². The van der Waals surface area contributed by atoms with Gasteiger partial charge in [0.25, 0.3) is 18.7 Å². The van der Waals surface area contributed by atoms with Crippen LogP contribution in [-0.4, -0.2) is 59.8 Å². The maximum Gasteiger partial charge on any atom is 0.502 e. The molecule has 32 heavy (non-hydrogen) atoms. The first-order valence-electron chi connectivity index (χ1n) is 10.7. The molecule has 9 nitrogen and oxygen atoms in total. The zero-order chi connectivity index (χ0) is 22.7. The third-order valence-corrected chi connectivity index (χ3v) is 5.48. The van der Waals surface area contributed by atoms with Gasteiger partial charge in [-0.3, -0.25) is 14.5 Å². The summed E-state index contributed by atoms with van der Waals surface area (Å²) in [6.45, 7) is 5.13. The van der Waals surface area contributed by atoms with E-state index in [4.69, 9.17) is 4.74 Å². The van der Waals surface area contributed by atoms with Crippen molar-refractivity contribution >= 4 is 29.1 Å². The van der Waals surface area contributed by atoms with E-state index < -0.39 is 24.0 Å². The molecule has 2 heterocycles. The molecular formula is C23H26N5O4+. The second kappa shape index (κ2) is 9.17. The summed E-state index contributed by atoms with van der Waals surface area (Å²) in [4.78, 5) is 41.0. The zero-order valence-corrected chi connectivity index (χ0v) is 18.2. The summed E-state index contributed by atoms with van der Waals surface area (Å²) in [5.41, 5.74) is 2.64. The van der Waals surface area contributed by atoms with Crippen LogP contribution in [0, 0.1) is 0 Å². The van der Waals surface area contributed by atoms with Gasteiger partial charge in [-0.05, 0) is 60.0 Å². The fourth-order valence-electron chi connectivity index (χ4n) is 3.79. The standard InChI is InChI=1S/C23H25N5O4/c1-3-16-5-7-17(8-6-16)24-20(29)15-28-22(31)21(30)27-14-13-26(23(27)25-28)18-9-11-19(12-10-18)32-4-2/h5-12,23H,3-4,13-15H2,1-2H3/p+1. The first kappa shape index (κ1) is 21.5. The van der Waals surface area contributed by atoms with Gasteiger partial charge >= 0.3 is 11.8 Å². The highest BCUT2D eigenvalue weighted by molar-refractivity contribution is 6.32. The molecule has 0 spiro atoms. The van der Waals surface area contributed by atoms with E-state index in [-0.39, 0.29) is 6.54 Å². The summed E-state index contributed by atoms with van der Waals surface area (Å²) in [6.07, 6.45) is 0.232. The highest BCUT2D eigenvalue weighted by atomic mass is 16.5.